The Labute approximate surface area is 194 Å². The first-order chi connectivity index (χ1) is 15.9. The van der Waals surface area contributed by atoms with Crippen LogP contribution >= 0.6 is 12.2 Å². The van der Waals surface area contributed by atoms with Crippen LogP contribution < -0.4 is 15.0 Å². The molecule has 0 saturated carbocycles. The van der Waals surface area contributed by atoms with Gasteiger partial charge < -0.3 is 14.4 Å². The summed E-state index contributed by atoms with van der Waals surface area (Å²) in [5.74, 6) is -1.52. The number of hydrogen-bond acceptors (Lipinski definition) is 5. The summed E-state index contributed by atoms with van der Waals surface area (Å²) in [4.78, 5) is 38.2. The normalized spacial score (nSPS) is 15.0. The zero-order valence-corrected chi connectivity index (χ0v) is 18.3. The minimum atomic E-state index is -1.02. The first-order valence-corrected chi connectivity index (χ1v) is 10.4. The third kappa shape index (κ3) is 4.39. The molecule has 8 nitrogen and oxygen atoms in total. The van der Waals surface area contributed by atoms with Gasteiger partial charge in [-0.2, -0.15) is 0 Å². The Hall–Kier alpha value is -4.24. The van der Waals surface area contributed by atoms with E-state index in [-0.39, 0.29) is 16.2 Å². The largest absolute Gasteiger partial charge is 0.494 e. The Morgan fingerprint density at radius 3 is 2.36 bits per heavy atom. The second kappa shape index (κ2) is 9.09. The molecular weight excluding hydrogens is 442 g/mol. The lowest BCUT2D eigenvalue weighted by molar-refractivity contribution is -0.122. The Bertz CT molecular complexity index is 1280. The maximum atomic E-state index is 13.3. The number of carbonyl (C=O) groups excluding carboxylic acids is 2. The molecule has 1 aliphatic heterocycles. The molecule has 4 rings (SSSR count). The Morgan fingerprint density at radius 2 is 1.73 bits per heavy atom. The second-order valence-electron chi connectivity index (χ2n) is 7.04. The van der Waals surface area contributed by atoms with E-state index in [4.69, 9.17) is 22.1 Å². The van der Waals surface area contributed by atoms with Crippen molar-refractivity contribution >= 4 is 46.9 Å². The summed E-state index contributed by atoms with van der Waals surface area (Å²) in [5.41, 5.74) is 1.82. The Morgan fingerprint density at radius 1 is 1.06 bits per heavy atom. The molecule has 0 aliphatic carbocycles. The van der Waals surface area contributed by atoms with Crippen molar-refractivity contribution in [3.05, 3.63) is 83.7 Å². The first kappa shape index (κ1) is 22.0. The zero-order valence-electron chi connectivity index (χ0n) is 17.5. The highest BCUT2D eigenvalue weighted by atomic mass is 32.1. The topological polar surface area (TPSA) is 101 Å². The smallest absolute Gasteiger partial charge is 0.335 e. The number of anilines is 1. The molecule has 0 atom stereocenters. The molecule has 0 bridgehead atoms. The van der Waals surface area contributed by atoms with Crippen LogP contribution in [0.4, 0.5) is 5.69 Å². The van der Waals surface area contributed by atoms with Gasteiger partial charge in [0.25, 0.3) is 11.8 Å². The van der Waals surface area contributed by atoms with Crippen LogP contribution in [0.25, 0.3) is 11.8 Å². The number of carbonyl (C=O) groups is 3. The fourth-order valence-electron chi connectivity index (χ4n) is 3.41. The van der Waals surface area contributed by atoms with Crippen molar-refractivity contribution in [2.24, 2.45) is 0 Å². The van der Waals surface area contributed by atoms with Crippen LogP contribution in [0.1, 0.15) is 23.0 Å². The predicted molar refractivity (Wildman–Crippen MR) is 127 cm³/mol. The molecule has 3 aromatic rings. The lowest BCUT2D eigenvalue weighted by Gasteiger charge is -2.29. The van der Waals surface area contributed by atoms with E-state index < -0.39 is 17.8 Å². The number of thiocarbonyl (C=S) groups is 1. The molecule has 1 aliphatic rings. The highest BCUT2D eigenvalue weighted by Crippen LogP contribution is 2.25. The number of aromatic nitrogens is 1. The molecule has 1 saturated heterocycles. The summed E-state index contributed by atoms with van der Waals surface area (Å²) in [7, 11) is 0. The molecule has 1 aromatic heterocycles. The van der Waals surface area contributed by atoms with Gasteiger partial charge in [0.2, 0.25) is 0 Å². The quantitative estimate of drug-likeness (QED) is 0.332. The molecule has 9 heteroatoms. The van der Waals surface area contributed by atoms with E-state index in [0.717, 1.165) is 0 Å². The minimum absolute atomic E-state index is 0.00838. The van der Waals surface area contributed by atoms with Gasteiger partial charge in [-0.05, 0) is 85.9 Å². The van der Waals surface area contributed by atoms with Crippen molar-refractivity contribution in [2.45, 2.75) is 6.92 Å². The first-order valence-electron chi connectivity index (χ1n) is 10.0. The number of carboxylic acids is 1. The van der Waals surface area contributed by atoms with Gasteiger partial charge in [0, 0.05) is 17.6 Å². The van der Waals surface area contributed by atoms with Gasteiger partial charge in [0.15, 0.2) is 5.11 Å². The van der Waals surface area contributed by atoms with Crippen LogP contribution in [0.2, 0.25) is 0 Å². The number of hydrogen-bond donors (Lipinski definition) is 2. The van der Waals surface area contributed by atoms with Crippen molar-refractivity contribution in [1.82, 2.24) is 9.88 Å². The van der Waals surface area contributed by atoms with Crippen LogP contribution in [-0.4, -0.2) is 39.2 Å². The monoisotopic (exact) mass is 461 g/mol. The predicted octanol–water partition coefficient (Wildman–Crippen LogP) is 3.41. The lowest BCUT2D eigenvalue weighted by Crippen LogP contribution is -2.54. The van der Waals surface area contributed by atoms with Gasteiger partial charge >= 0.3 is 5.97 Å². The Kier molecular flexibility index (Phi) is 6.05. The lowest BCUT2D eigenvalue weighted by atomic mass is 10.1. The molecule has 2 amide bonds. The van der Waals surface area contributed by atoms with Gasteiger partial charge in [-0.25, -0.2) is 4.79 Å². The van der Waals surface area contributed by atoms with E-state index in [1.54, 1.807) is 59.3 Å². The number of aromatic carboxylic acids is 1. The SMILES string of the molecule is CCOc1ccc(N2C(=O)/C(=C/c3cccn3-c3ccc(C(=O)O)cc3)C(=O)NC2=S)cc1. The maximum Gasteiger partial charge on any atom is 0.335 e. The van der Waals surface area contributed by atoms with Crippen LogP contribution in [-0.2, 0) is 9.59 Å². The van der Waals surface area contributed by atoms with Gasteiger partial charge in [-0.15, -0.1) is 0 Å². The zero-order chi connectivity index (χ0) is 23.5. The number of amides is 2. The van der Waals surface area contributed by atoms with Crippen molar-refractivity contribution in [1.29, 1.82) is 0 Å². The summed E-state index contributed by atoms with van der Waals surface area (Å²) >= 11 is 5.25. The number of carboxylic acid groups (broad SMARTS) is 1. The van der Waals surface area contributed by atoms with E-state index in [0.29, 0.717) is 29.4 Å². The summed E-state index contributed by atoms with van der Waals surface area (Å²) in [6.45, 7) is 2.39. The molecule has 1 fully saturated rings. The van der Waals surface area contributed by atoms with E-state index in [1.807, 2.05) is 6.92 Å². The molecule has 0 unspecified atom stereocenters. The standard InChI is InChI=1S/C24H19N3O5S/c1-2-32-19-11-9-17(10-12-19)27-22(29)20(21(28)25-24(27)33)14-18-4-3-13-26(18)16-7-5-15(6-8-16)23(30)31/h3-14H,2H2,1H3,(H,30,31)(H,25,28,33)/b20-14+. The summed E-state index contributed by atoms with van der Waals surface area (Å²) in [5, 5.41) is 11.7. The second-order valence-corrected chi connectivity index (χ2v) is 7.43. The van der Waals surface area contributed by atoms with E-state index in [1.165, 1.54) is 23.1 Å². The molecule has 33 heavy (non-hydrogen) atoms. The fraction of sp³-hybridized carbons (Fsp3) is 0.0833. The van der Waals surface area contributed by atoms with Gasteiger partial charge in [0.1, 0.15) is 11.3 Å². The van der Waals surface area contributed by atoms with Gasteiger partial charge in [0.05, 0.1) is 17.9 Å². The van der Waals surface area contributed by atoms with E-state index >= 15 is 0 Å². The van der Waals surface area contributed by atoms with Crippen molar-refractivity contribution in [3.63, 3.8) is 0 Å². The van der Waals surface area contributed by atoms with Gasteiger partial charge in [-0.1, -0.05) is 0 Å². The third-order valence-electron chi connectivity index (χ3n) is 4.97. The third-order valence-corrected chi connectivity index (χ3v) is 5.26. The van der Waals surface area contributed by atoms with Crippen LogP contribution in [0.5, 0.6) is 5.75 Å². The molecule has 2 N–H and O–H groups in total. The molecular formula is C24H19N3O5S. The molecule has 2 aromatic carbocycles. The van der Waals surface area contributed by atoms with Crippen molar-refractivity contribution in [2.75, 3.05) is 11.5 Å². The maximum absolute atomic E-state index is 13.3. The van der Waals surface area contributed by atoms with Gasteiger partial charge in [-0.3, -0.25) is 19.8 Å². The number of nitrogens with zero attached hydrogens (tertiary/aromatic N) is 2. The van der Waals surface area contributed by atoms with Crippen LogP contribution in [0.3, 0.4) is 0 Å². The Balaban J connectivity index is 1.67. The summed E-state index contributed by atoms with van der Waals surface area (Å²) in [6, 6.07) is 16.6. The molecule has 166 valence electrons. The highest BCUT2D eigenvalue weighted by molar-refractivity contribution is 7.80. The van der Waals surface area contributed by atoms with Crippen LogP contribution in [0, 0.1) is 0 Å². The van der Waals surface area contributed by atoms with Crippen molar-refractivity contribution < 1.29 is 24.2 Å². The average molecular weight is 461 g/mol. The van der Waals surface area contributed by atoms with Crippen LogP contribution in [0.15, 0.2) is 72.4 Å². The summed E-state index contributed by atoms with van der Waals surface area (Å²) < 4.78 is 7.18. The highest BCUT2D eigenvalue weighted by Gasteiger charge is 2.34. The number of ether oxygens (including phenoxy) is 1. The van der Waals surface area contributed by atoms with E-state index in [9.17, 15) is 14.4 Å². The molecule has 0 spiro atoms. The minimum Gasteiger partial charge on any atom is -0.494 e. The average Bonchev–Trinajstić information content (AvgIpc) is 3.26. The summed E-state index contributed by atoms with van der Waals surface area (Å²) in [6.07, 6.45) is 3.23. The molecule has 0 radical (unpaired) electrons. The number of nitrogens with one attached hydrogen (secondary N) is 1. The molecule has 2 heterocycles. The number of rotatable bonds is 6. The van der Waals surface area contributed by atoms with Crippen molar-refractivity contribution in [3.8, 4) is 11.4 Å². The number of benzene rings is 2. The fourth-order valence-corrected chi connectivity index (χ4v) is 3.69. The van der Waals surface area contributed by atoms with E-state index in [2.05, 4.69) is 5.32 Å².